The lowest BCUT2D eigenvalue weighted by Crippen LogP contribution is -2.47. The summed E-state index contributed by atoms with van der Waals surface area (Å²) in [6.07, 6.45) is 9.04. The first-order valence-corrected chi connectivity index (χ1v) is 11.0. The molecule has 0 bridgehead atoms. The highest BCUT2D eigenvalue weighted by Crippen LogP contribution is 2.20. The Morgan fingerprint density at radius 1 is 1.37 bits per heavy atom. The van der Waals surface area contributed by atoms with E-state index < -0.39 is 0 Å². The number of aromatic nitrogens is 2. The van der Waals surface area contributed by atoms with E-state index in [2.05, 4.69) is 47.4 Å². The zero-order valence-electron chi connectivity index (χ0n) is 18.9. The van der Waals surface area contributed by atoms with Gasteiger partial charge in [0.25, 0.3) is 0 Å². The van der Waals surface area contributed by atoms with Crippen LogP contribution in [0.5, 0.6) is 0 Å². The molecule has 2 unspecified atom stereocenters. The van der Waals surface area contributed by atoms with Crippen molar-refractivity contribution in [3.8, 4) is 0 Å². The fraction of sp³-hybridized carbons (Fsp3) is 0.810. The van der Waals surface area contributed by atoms with Gasteiger partial charge in [-0.2, -0.15) is 5.10 Å². The Morgan fingerprint density at radius 2 is 2.13 bits per heavy atom. The molecule has 0 aliphatic carbocycles. The molecule has 2 atom stereocenters. The van der Waals surface area contributed by atoms with Crippen LogP contribution in [0.1, 0.15) is 44.2 Å². The Labute approximate surface area is 198 Å². The summed E-state index contributed by atoms with van der Waals surface area (Å²) in [7, 11) is 6.14. The molecular weight excluding hydrogens is 495 g/mol. The molecule has 0 spiro atoms. The number of piperidine rings is 1. The molecule has 2 aliphatic heterocycles. The molecule has 9 heteroatoms. The monoisotopic (exact) mass is 534 g/mol. The van der Waals surface area contributed by atoms with E-state index in [1.54, 1.807) is 0 Å². The van der Waals surface area contributed by atoms with Crippen LogP contribution in [0.2, 0.25) is 0 Å². The third-order valence-electron chi connectivity index (χ3n) is 5.77. The second-order valence-electron chi connectivity index (χ2n) is 8.28. The van der Waals surface area contributed by atoms with Crippen LogP contribution in [-0.4, -0.2) is 91.2 Å². The molecule has 2 saturated heterocycles. The third-order valence-corrected chi connectivity index (χ3v) is 5.77. The highest BCUT2D eigenvalue weighted by atomic mass is 127. The number of halogens is 1. The number of likely N-dealkylation sites (N-methyl/N-ethyl adjacent to an activating group) is 1. The van der Waals surface area contributed by atoms with Gasteiger partial charge in [-0.15, -0.1) is 24.0 Å². The van der Waals surface area contributed by atoms with Gasteiger partial charge in [-0.1, -0.05) is 0 Å². The quantitative estimate of drug-likeness (QED) is 0.314. The molecule has 2 fully saturated rings. The topological polar surface area (TPSA) is 67.2 Å². The number of ether oxygens (including phenoxy) is 2. The lowest BCUT2D eigenvalue weighted by Gasteiger charge is -2.35. The fourth-order valence-electron chi connectivity index (χ4n) is 4.03. The van der Waals surface area contributed by atoms with Crippen molar-refractivity contribution in [3.05, 3.63) is 18.0 Å². The van der Waals surface area contributed by atoms with Gasteiger partial charge in [0.15, 0.2) is 5.96 Å². The van der Waals surface area contributed by atoms with Gasteiger partial charge in [-0.3, -0.25) is 9.67 Å². The predicted molar refractivity (Wildman–Crippen MR) is 131 cm³/mol. The highest BCUT2D eigenvalue weighted by Gasteiger charge is 2.24. The van der Waals surface area contributed by atoms with Crippen molar-refractivity contribution in [1.29, 1.82) is 0 Å². The molecule has 2 aliphatic rings. The highest BCUT2D eigenvalue weighted by molar-refractivity contribution is 14.0. The summed E-state index contributed by atoms with van der Waals surface area (Å²) < 4.78 is 13.6. The fourth-order valence-corrected chi connectivity index (χ4v) is 4.03. The van der Waals surface area contributed by atoms with Gasteiger partial charge in [0.05, 0.1) is 37.6 Å². The lowest BCUT2D eigenvalue weighted by molar-refractivity contribution is -0.0367. The number of aliphatic imine (C=N–C) groups is 1. The summed E-state index contributed by atoms with van der Waals surface area (Å²) in [6.45, 7) is 7.28. The van der Waals surface area contributed by atoms with Crippen LogP contribution in [0, 0.1) is 0 Å². The van der Waals surface area contributed by atoms with Gasteiger partial charge in [0.1, 0.15) is 0 Å². The van der Waals surface area contributed by atoms with Gasteiger partial charge >= 0.3 is 0 Å². The first kappa shape index (κ1) is 25.4. The average molecular weight is 534 g/mol. The molecule has 1 aromatic rings. The zero-order valence-corrected chi connectivity index (χ0v) is 21.2. The maximum Gasteiger partial charge on any atom is 0.193 e. The average Bonchev–Trinajstić information content (AvgIpc) is 3.38. The molecule has 8 nitrogen and oxygen atoms in total. The Balaban J connectivity index is 0.00000320. The van der Waals surface area contributed by atoms with Crippen molar-refractivity contribution in [3.63, 3.8) is 0 Å². The summed E-state index contributed by atoms with van der Waals surface area (Å²) in [5, 5.41) is 7.79. The van der Waals surface area contributed by atoms with E-state index in [9.17, 15) is 0 Å². The first-order chi connectivity index (χ1) is 14.1. The predicted octanol–water partition coefficient (Wildman–Crippen LogP) is 2.27. The number of guanidine groups is 1. The second-order valence-corrected chi connectivity index (χ2v) is 8.28. The van der Waals surface area contributed by atoms with Crippen LogP contribution in [0.25, 0.3) is 0 Å². The van der Waals surface area contributed by atoms with E-state index in [4.69, 9.17) is 14.5 Å². The van der Waals surface area contributed by atoms with E-state index in [1.807, 2.05) is 17.9 Å². The standard InChI is InChI=1S/C21H38N6O2.HI/c1-5-22-21(23-14-20(25(2)3)17-13-24-26(4)15-17)27-10-8-18(9-11-27)29-16-19-7-6-12-28-19;/h13,15,18-20H,5-12,14,16H2,1-4H3,(H,22,23);1H. The molecule has 0 radical (unpaired) electrons. The molecule has 0 saturated carbocycles. The number of aryl methyl sites for hydroxylation is 1. The van der Waals surface area contributed by atoms with Crippen molar-refractivity contribution in [2.75, 3.05) is 53.5 Å². The normalized spacial score (nSPS) is 21.7. The van der Waals surface area contributed by atoms with Crippen LogP contribution in [0.4, 0.5) is 0 Å². The number of hydrogen-bond donors (Lipinski definition) is 1. The van der Waals surface area contributed by atoms with Crippen molar-refractivity contribution in [1.82, 2.24) is 24.9 Å². The molecule has 1 aromatic heterocycles. The van der Waals surface area contributed by atoms with Crippen LogP contribution < -0.4 is 5.32 Å². The molecule has 0 aromatic carbocycles. The Kier molecular flexibility index (Phi) is 10.8. The SMILES string of the molecule is CCNC(=NCC(c1cnn(C)c1)N(C)C)N1CCC(OCC2CCCO2)CC1.I. The number of rotatable bonds is 8. The maximum absolute atomic E-state index is 6.12. The van der Waals surface area contributed by atoms with Crippen LogP contribution in [-0.2, 0) is 16.5 Å². The van der Waals surface area contributed by atoms with E-state index in [-0.39, 0.29) is 30.0 Å². The van der Waals surface area contributed by atoms with E-state index in [0.717, 1.165) is 58.1 Å². The molecule has 0 amide bonds. The number of nitrogens with one attached hydrogen (secondary N) is 1. The third kappa shape index (κ3) is 7.35. The van der Waals surface area contributed by atoms with Crippen LogP contribution in [0.3, 0.4) is 0 Å². The zero-order chi connectivity index (χ0) is 20.6. The van der Waals surface area contributed by atoms with Crippen LogP contribution >= 0.6 is 24.0 Å². The van der Waals surface area contributed by atoms with Crippen LogP contribution in [0.15, 0.2) is 17.4 Å². The van der Waals surface area contributed by atoms with E-state index >= 15 is 0 Å². The minimum absolute atomic E-state index is 0. The summed E-state index contributed by atoms with van der Waals surface area (Å²) in [5.41, 5.74) is 1.19. The van der Waals surface area contributed by atoms with Gasteiger partial charge in [-0.05, 0) is 46.7 Å². The summed E-state index contributed by atoms with van der Waals surface area (Å²) >= 11 is 0. The summed E-state index contributed by atoms with van der Waals surface area (Å²) in [6, 6.07) is 0.213. The maximum atomic E-state index is 6.12. The largest absolute Gasteiger partial charge is 0.376 e. The molecule has 3 rings (SSSR count). The summed E-state index contributed by atoms with van der Waals surface area (Å²) in [4.78, 5) is 9.54. The van der Waals surface area contributed by atoms with Crippen molar-refractivity contribution >= 4 is 29.9 Å². The van der Waals surface area contributed by atoms with Crippen molar-refractivity contribution in [2.45, 2.75) is 50.9 Å². The Hall–Kier alpha value is -0.910. The molecule has 172 valence electrons. The smallest absolute Gasteiger partial charge is 0.193 e. The van der Waals surface area contributed by atoms with Crippen molar-refractivity contribution < 1.29 is 9.47 Å². The Morgan fingerprint density at radius 3 is 2.70 bits per heavy atom. The summed E-state index contributed by atoms with van der Waals surface area (Å²) in [5.74, 6) is 1.00. The number of likely N-dealkylation sites (tertiary alicyclic amines) is 1. The van der Waals surface area contributed by atoms with Gasteiger partial charge in [-0.25, -0.2) is 0 Å². The van der Waals surface area contributed by atoms with E-state index in [1.165, 1.54) is 12.0 Å². The number of nitrogens with zero attached hydrogens (tertiary/aromatic N) is 5. The van der Waals surface area contributed by atoms with E-state index in [0.29, 0.717) is 18.8 Å². The molecular formula is C21H39IN6O2. The van der Waals surface area contributed by atoms with Gasteiger partial charge in [0.2, 0.25) is 0 Å². The molecule has 1 N–H and O–H groups in total. The molecule has 3 heterocycles. The first-order valence-electron chi connectivity index (χ1n) is 11.0. The van der Waals surface area contributed by atoms with Crippen molar-refractivity contribution in [2.24, 2.45) is 12.0 Å². The lowest BCUT2D eigenvalue weighted by atomic mass is 10.1. The minimum Gasteiger partial charge on any atom is -0.376 e. The minimum atomic E-state index is 0. The van der Waals surface area contributed by atoms with Gasteiger partial charge in [0, 0.05) is 45.0 Å². The number of hydrogen-bond acceptors (Lipinski definition) is 5. The van der Waals surface area contributed by atoms with Gasteiger partial charge < -0.3 is 24.6 Å². The second kappa shape index (κ2) is 12.8. The Bertz CT molecular complexity index is 639. The molecule has 30 heavy (non-hydrogen) atoms.